The summed E-state index contributed by atoms with van der Waals surface area (Å²) in [5.74, 6) is 2.84. The van der Waals surface area contributed by atoms with E-state index in [0.717, 1.165) is 37.0 Å². The molecule has 5 nitrogen and oxygen atoms in total. The number of rotatable bonds is 5. The standard InChI is InChI=1S/C35H52O5/c1-21(2)9-8-10-22(3)26-11-12-27-25-19-34(18-24(5)30(37)40-34)35(38)20-33(17-23(4)29(36)39-33)16-15-32(35,7)28(25)13-14-31(26,27)6/h21-22,25-28,38H,4-5,8-20H2,1-3,6-7H3/t22-,25+,26-,27+,28+,31-,32-,33+,34-,35-/m1/s1. The summed E-state index contributed by atoms with van der Waals surface area (Å²) in [7, 11) is 0. The molecule has 4 saturated carbocycles. The minimum absolute atomic E-state index is 0.291. The van der Waals surface area contributed by atoms with Crippen LogP contribution in [0.2, 0.25) is 0 Å². The van der Waals surface area contributed by atoms with Crippen molar-refractivity contribution >= 4 is 11.9 Å². The molecule has 0 aromatic rings. The molecule has 6 aliphatic rings. The summed E-state index contributed by atoms with van der Waals surface area (Å²) >= 11 is 0. The first-order valence-electron chi connectivity index (χ1n) is 16.2. The van der Waals surface area contributed by atoms with E-state index in [0.29, 0.717) is 60.0 Å². The smallest absolute Gasteiger partial charge is 0.334 e. The fourth-order valence-electron chi connectivity index (χ4n) is 11.6. The molecule has 2 saturated heterocycles. The molecule has 0 aromatic heterocycles. The van der Waals surface area contributed by atoms with Crippen molar-refractivity contribution in [2.75, 3.05) is 0 Å². The minimum atomic E-state index is -1.28. The first-order valence-corrected chi connectivity index (χ1v) is 16.2. The van der Waals surface area contributed by atoms with Gasteiger partial charge in [-0.05, 0) is 85.9 Å². The van der Waals surface area contributed by atoms with Gasteiger partial charge in [-0.25, -0.2) is 9.59 Å². The quantitative estimate of drug-likeness (QED) is 0.286. The van der Waals surface area contributed by atoms with Crippen LogP contribution in [0.5, 0.6) is 0 Å². The highest BCUT2D eigenvalue weighted by Gasteiger charge is 2.77. The second kappa shape index (κ2) is 9.19. The van der Waals surface area contributed by atoms with E-state index in [9.17, 15) is 14.7 Å². The Balaban J connectivity index is 1.34. The molecule has 0 radical (unpaired) electrons. The van der Waals surface area contributed by atoms with E-state index in [2.05, 4.69) is 47.8 Å². The van der Waals surface area contributed by atoms with Gasteiger partial charge in [-0.2, -0.15) is 0 Å². The number of fused-ring (bicyclic) bond motifs is 6. The molecule has 2 aliphatic heterocycles. The van der Waals surface area contributed by atoms with Crippen molar-refractivity contribution in [1.29, 1.82) is 0 Å². The van der Waals surface area contributed by atoms with E-state index in [1.807, 2.05) is 0 Å². The van der Waals surface area contributed by atoms with E-state index < -0.39 is 22.2 Å². The summed E-state index contributed by atoms with van der Waals surface area (Å²) in [4.78, 5) is 25.5. The third kappa shape index (κ3) is 3.81. The molecule has 10 atom stereocenters. The average molecular weight is 553 g/mol. The molecule has 2 spiro atoms. The van der Waals surface area contributed by atoms with Gasteiger partial charge in [0.15, 0.2) is 0 Å². The molecule has 6 fully saturated rings. The van der Waals surface area contributed by atoms with E-state index >= 15 is 0 Å². The SMILES string of the molecule is C=C1C[C@]2(CC[C@]3(C)[C@H]4CC[C@]5(C)[C@@H]([C@H](C)CCCC(C)C)CC[C@H]5[C@@H]4C[C@]4(CC(=C)C(=O)O4)[C@@]3(O)C2)OC1=O. The van der Waals surface area contributed by atoms with Crippen molar-refractivity contribution in [2.24, 2.45) is 46.3 Å². The molecule has 0 unspecified atom stereocenters. The van der Waals surface area contributed by atoms with E-state index in [1.54, 1.807) is 0 Å². The molecule has 222 valence electrons. The lowest BCUT2D eigenvalue weighted by molar-refractivity contribution is -0.312. The Morgan fingerprint density at radius 2 is 1.60 bits per heavy atom. The van der Waals surface area contributed by atoms with Crippen molar-refractivity contribution < 1.29 is 24.2 Å². The lowest BCUT2D eigenvalue weighted by atomic mass is 9.38. The second-order valence-electron chi connectivity index (χ2n) is 16.1. The summed E-state index contributed by atoms with van der Waals surface area (Å²) in [6.45, 7) is 20.0. The topological polar surface area (TPSA) is 72.8 Å². The van der Waals surface area contributed by atoms with Crippen molar-refractivity contribution in [3.8, 4) is 0 Å². The van der Waals surface area contributed by atoms with Crippen molar-refractivity contribution in [1.82, 2.24) is 0 Å². The Kier molecular flexibility index (Phi) is 6.55. The first-order chi connectivity index (χ1) is 18.7. The van der Waals surface area contributed by atoms with Gasteiger partial charge in [0.05, 0.1) is 0 Å². The van der Waals surface area contributed by atoms with Crippen molar-refractivity contribution in [2.45, 2.75) is 135 Å². The fourth-order valence-corrected chi connectivity index (χ4v) is 11.6. The van der Waals surface area contributed by atoms with Crippen molar-refractivity contribution in [3.05, 3.63) is 24.3 Å². The monoisotopic (exact) mass is 552 g/mol. The Bertz CT molecular complexity index is 1090. The van der Waals surface area contributed by atoms with Gasteiger partial charge in [0.25, 0.3) is 0 Å². The van der Waals surface area contributed by atoms with Crippen LogP contribution in [0.1, 0.15) is 118 Å². The number of ether oxygens (including phenoxy) is 2. The lowest BCUT2D eigenvalue weighted by Gasteiger charge is -2.69. The highest BCUT2D eigenvalue weighted by atomic mass is 16.6. The van der Waals surface area contributed by atoms with Crippen LogP contribution in [0, 0.1) is 46.3 Å². The molecule has 0 amide bonds. The molecule has 2 heterocycles. The summed E-state index contributed by atoms with van der Waals surface area (Å²) in [5, 5.41) is 13.0. The molecule has 4 aliphatic carbocycles. The fraction of sp³-hybridized carbons (Fsp3) is 0.829. The van der Waals surface area contributed by atoms with Crippen LogP contribution >= 0.6 is 0 Å². The molecule has 5 heteroatoms. The Morgan fingerprint density at radius 3 is 2.23 bits per heavy atom. The van der Waals surface area contributed by atoms with Gasteiger partial charge in [0.2, 0.25) is 0 Å². The van der Waals surface area contributed by atoms with E-state index in [1.165, 1.54) is 38.5 Å². The maximum Gasteiger partial charge on any atom is 0.334 e. The van der Waals surface area contributed by atoms with Gasteiger partial charge in [-0.15, -0.1) is 0 Å². The number of aliphatic hydroxyl groups is 1. The molecule has 40 heavy (non-hydrogen) atoms. The Hall–Kier alpha value is -1.62. The van der Waals surface area contributed by atoms with Gasteiger partial charge < -0.3 is 14.6 Å². The van der Waals surface area contributed by atoms with Gasteiger partial charge in [0, 0.05) is 35.8 Å². The van der Waals surface area contributed by atoms with Crippen LogP contribution < -0.4 is 0 Å². The number of carbonyl (C=O) groups excluding carboxylic acids is 2. The molecule has 6 rings (SSSR count). The third-order valence-corrected chi connectivity index (χ3v) is 13.6. The molecular weight excluding hydrogens is 500 g/mol. The molecule has 0 bridgehead atoms. The van der Waals surface area contributed by atoms with Crippen LogP contribution in [0.3, 0.4) is 0 Å². The number of hydrogen-bond acceptors (Lipinski definition) is 5. The highest BCUT2D eigenvalue weighted by molar-refractivity contribution is 5.91. The van der Waals surface area contributed by atoms with Crippen LogP contribution in [0.25, 0.3) is 0 Å². The molecule has 0 aromatic carbocycles. The van der Waals surface area contributed by atoms with E-state index in [4.69, 9.17) is 9.47 Å². The van der Waals surface area contributed by atoms with Gasteiger partial charge >= 0.3 is 11.9 Å². The lowest BCUT2D eigenvalue weighted by Crippen LogP contribution is -2.75. The van der Waals surface area contributed by atoms with Crippen LogP contribution in [-0.2, 0) is 19.1 Å². The summed E-state index contributed by atoms with van der Waals surface area (Å²) < 4.78 is 12.3. The summed E-state index contributed by atoms with van der Waals surface area (Å²) in [6.07, 6.45) is 12.1. The van der Waals surface area contributed by atoms with Crippen LogP contribution in [0.4, 0.5) is 0 Å². The maximum absolute atomic E-state index is 13.0. The molecular formula is C35H52O5. The summed E-state index contributed by atoms with van der Waals surface area (Å²) in [5.41, 5.74) is -2.25. The van der Waals surface area contributed by atoms with Crippen LogP contribution in [0.15, 0.2) is 24.3 Å². The summed E-state index contributed by atoms with van der Waals surface area (Å²) in [6, 6.07) is 0. The first kappa shape index (κ1) is 28.5. The highest BCUT2D eigenvalue weighted by Crippen LogP contribution is 2.74. The second-order valence-corrected chi connectivity index (χ2v) is 16.1. The zero-order chi connectivity index (χ0) is 28.9. The number of hydrogen-bond donors (Lipinski definition) is 1. The largest absolute Gasteiger partial charge is 0.455 e. The number of carbonyl (C=O) groups is 2. The third-order valence-electron chi connectivity index (χ3n) is 13.6. The maximum atomic E-state index is 13.0. The zero-order valence-electron chi connectivity index (χ0n) is 25.7. The zero-order valence-corrected chi connectivity index (χ0v) is 25.7. The predicted octanol–water partition coefficient (Wildman–Crippen LogP) is 7.32. The van der Waals surface area contributed by atoms with Gasteiger partial charge in [-0.3, -0.25) is 0 Å². The average Bonchev–Trinajstić information content (AvgIpc) is 3.46. The van der Waals surface area contributed by atoms with Gasteiger partial charge in [-0.1, -0.05) is 67.0 Å². The van der Waals surface area contributed by atoms with Gasteiger partial charge in [0.1, 0.15) is 16.8 Å². The Morgan fingerprint density at radius 1 is 0.900 bits per heavy atom. The number of esters is 2. The molecule has 1 N–H and O–H groups in total. The van der Waals surface area contributed by atoms with Crippen molar-refractivity contribution in [3.63, 3.8) is 0 Å². The minimum Gasteiger partial charge on any atom is -0.455 e. The van der Waals surface area contributed by atoms with Crippen LogP contribution in [-0.4, -0.2) is 33.8 Å². The predicted molar refractivity (Wildman–Crippen MR) is 155 cm³/mol. The van der Waals surface area contributed by atoms with E-state index in [-0.39, 0.29) is 11.9 Å². The Labute approximate surface area is 241 Å². The normalized spacial score (nSPS) is 48.8.